The summed E-state index contributed by atoms with van der Waals surface area (Å²) >= 11 is 0. The minimum atomic E-state index is -0.382. The molecule has 1 heterocycles. The fourth-order valence-electron chi connectivity index (χ4n) is 2.02. The van der Waals surface area contributed by atoms with Crippen LogP contribution in [0.2, 0.25) is 0 Å². The predicted molar refractivity (Wildman–Crippen MR) is 52.8 cm³/mol. The highest BCUT2D eigenvalue weighted by atomic mass is 16.3. The molecule has 1 aliphatic rings. The van der Waals surface area contributed by atoms with E-state index in [1.165, 1.54) is 0 Å². The summed E-state index contributed by atoms with van der Waals surface area (Å²) in [6.45, 7) is 2.45. The van der Waals surface area contributed by atoms with Crippen LogP contribution >= 0.6 is 0 Å². The van der Waals surface area contributed by atoms with Crippen LogP contribution in [0.25, 0.3) is 0 Å². The lowest BCUT2D eigenvalue weighted by Gasteiger charge is -2.10. The zero-order chi connectivity index (χ0) is 10.1. The molecule has 1 unspecified atom stereocenters. The van der Waals surface area contributed by atoms with Gasteiger partial charge < -0.3 is 10.8 Å². The molecule has 1 atom stereocenters. The van der Waals surface area contributed by atoms with Crippen LogP contribution in [0, 0.1) is 6.92 Å². The number of nitrogens with zero attached hydrogens (tertiary/aromatic N) is 2. The molecule has 0 bridgehead atoms. The first kappa shape index (κ1) is 9.55. The standard InChI is InChI=1S/C10H15N3O/c1-6-12-7-2-3-9(14)10(7)8(13-6)4-5-11/h9,14H,2-5,11H2,1H3. The summed E-state index contributed by atoms with van der Waals surface area (Å²) in [6, 6.07) is 0. The fraction of sp³-hybridized carbons (Fsp3) is 0.600. The molecule has 1 aliphatic carbocycles. The Kier molecular flexibility index (Phi) is 2.48. The Balaban J connectivity index is 2.47. The number of nitrogens with two attached hydrogens (primary N) is 1. The van der Waals surface area contributed by atoms with Crippen LogP contribution in [0.5, 0.6) is 0 Å². The minimum absolute atomic E-state index is 0.382. The Morgan fingerprint density at radius 2 is 2.29 bits per heavy atom. The first-order chi connectivity index (χ1) is 6.72. The van der Waals surface area contributed by atoms with E-state index in [0.29, 0.717) is 6.54 Å². The van der Waals surface area contributed by atoms with Crippen LogP contribution in [0.3, 0.4) is 0 Å². The van der Waals surface area contributed by atoms with E-state index in [1.807, 2.05) is 6.92 Å². The van der Waals surface area contributed by atoms with Crippen molar-refractivity contribution in [1.82, 2.24) is 9.97 Å². The number of fused-ring (bicyclic) bond motifs is 1. The molecule has 1 aromatic rings. The van der Waals surface area contributed by atoms with Gasteiger partial charge in [-0.05, 0) is 26.3 Å². The summed E-state index contributed by atoms with van der Waals surface area (Å²) < 4.78 is 0. The number of rotatable bonds is 2. The first-order valence-electron chi connectivity index (χ1n) is 4.96. The maximum absolute atomic E-state index is 9.76. The van der Waals surface area contributed by atoms with E-state index in [2.05, 4.69) is 9.97 Å². The molecule has 0 aromatic carbocycles. The number of aryl methyl sites for hydroxylation is 2. The van der Waals surface area contributed by atoms with E-state index >= 15 is 0 Å². The maximum atomic E-state index is 9.76. The summed E-state index contributed by atoms with van der Waals surface area (Å²) in [7, 11) is 0. The van der Waals surface area contributed by atoms with Gasteiger partial charge in [-0.15, -0.1) is 0 Å². The molecule has 0 fully saturated rings. The molecule has 4 heteroatoms. The molecule has 4 nitrogen and oxygen atoms in total. The van der Waals surface area contributed by atoms with Crippen molar-refractivity contribution >= 4 is 0 Å². The van der Waals surface area contributed by atoms with Crippen molar-refractivity contribution in [2.45, 2.75) is 32.3 Å². The molecule has 0 saturated carbocycles. The molecular weight excluding hydrogens is 178 g/mol. The third-order valence-corrected chi connectivity index (χ3v) is 2.58. The van der Waals surface area contributed by atoms with E-state index in [-0.39, 0.29) is 6.10 Å². The van der Waals surface area contributed by atoms with Gasteiger partial charge in [-0.1, -0.05) is 0 Å². The van der Waals surface area contributed by atoms with Crippen molar-refractivity contribution in [2.75, 3.05) is 6.54 Å². The van der Waals surface area contributed by atoms with Crippen LogP contribution in [0.1, 0.15) is 35.3 Å². The quantitative estimate of drug-likeness (QED) is 0.707. The van der Waals surface area contributed by atoms with Crippen molar-refractivity contribution in [3.8, 4) is 0 Å². The van der Waals surface area contributed by atoms with Gasteiger partial charge in [0.1, 0.15) is 5.82 Å². The highest BCUT2D eigenvalue weighted by Gasteiger charge is 2.25. The minimum Gasteiger partial charge on any atom is -0.388 e. The van der Waals surface area contributed by atoms with Gasteiger partial charge in [0.05, 0.1) is 17.5 Å². The maximum Gasteiger partial charge on any atom is 0.125 e. The van der Waals surface area contributed by atoms with E-state index in [4.69, 9.17) is 5.73 Å². The highest BCUT2D eigenvalue weighted by molar-refractivity contribution is 5.32. The third-order valence-electron chi connectivity index (χ3n) is 2.58. The Morgan fingerprint density at radius 1 is 1.50 bits per heavy atom. The number of hydrogen-bond acceptors (Lipinski definition) is 4. The van der Waals surface area contributed by atoms with Gasteiger partial charge >= 0.3 is 0 Å². The summed E-state index contributed by atoms with van der Waals surface area (Å²) in [4.78, 5) is 8.67. The summed E-state index contributed by atoms with van der Waals surface area (Å²) in [5.41, 5.74) is 8.38. The number of aromatic nitrogens is 2. The summed E-state index contributed by atoms with van der Waals surface area (Å²) in [5, 5.41) is 9.76. The van der Waals surface area contributed by atoms with Gasteiger partial charge in [0.2, 0.25) is 0 Å². The van der Waals surface area contributed by atoms with Gasteiger partial charge in [-0.2, -0.15) is 0 Å². The van der Waals surface area contributed by atoms with E-state index in [0.717, 1.165) is 42.0 Å². The van der Waals surface area contributed by atoms with Crippen molar-refractivity contribution in [3.05, 3.63) is 22.8 Å². The highest BCUT2D eigenvalue weighted by Crippen LogP contribution is 2.31. The average molecular weight is 193 g/mol. The lowest BCUT2D eigenvalue weighted by atomic mass is 10.1. The SMILES string of the molecule is Cc1nc(CCN)c2c(n1)CCC2O. The Bertz CT molecular complexity index is 351. The van der Waals surface area contributed by atoms with Crippen LogP contribution in [-0.4, -0.2) is 21.6 Å². The lowest BCUT2D eigenvalue weighted by molar-refractivity contribution is 0.178. The van der Waals surface area contributed by atoms with E-state index in [9.17, 15) is 5.11 Å². The summed E-state index contributed by atoms with van der Waals surface area (Å²) in [6.07, 6.45) is 1.97. The zero-order valence-corrected chi connectivity index (χ0v) is 8.32. The fourth-order valence-corrected chi connectivity index (χ4v) is 2.02. The normalized spacial score (nSPS) is 19.8. The Labute approximate surface area is 83.2 Å². The van der Waals surface area contributed by atoms with E-state index < -0.39 is 0 Å². The van der Waals surface area contributed by atoms with Crippen LogP contribution in [-0.2, 0) is 12.8 Å². The van der Waals surface area contributed by atoms with Gasteiger partial charge in [-0.3, -0.25) is 0 Å². The monoisotopic (exact) mass is 193 g/mol. The molecule has 0 saturated heterocycles. The van der Waals surface area contributed by atoms with Crippen molar-refractivity contribution in [3.63, 3.8) is 0 Å². The molecule has 0 amide bonds. The Hall–Kier alpha value is -1.00. The van der Waals surface area contributed by atoms with Gasteiger partial charge in [0.25, 0.3) is 0 Å². The second-order valence-electron chi connectivity index (χ2n) is 3.67. The number of aliphatic hydroxyl groups is 1. The Morgan fingerprint density at radius 3 is 3.00 bits per heavy atom. The number of hydrogen-bond donors (Lipinski definition) is 2. The molecule has 14 heavy (non-hydrogen) atoms. The van der Waals surface area contributed by atoms with Gasteiger partial charge in [-0.25, -0.2) is 9.97 Å². The summed E-state index contributed by atoms with van der Waals surface area (Å²) in [5.74, 6) is 0.779. The molecule has 2 rings (SSSR count). The molecule has 3 N–H and O–H groups in total. The zero-order valence-electron chi connectivity index (χ0n) is 8.32. The van der Waals surface area contributed by atoms with Crippen molar-refractivity contribution in [2.24, 2.45) is 5.73 Å². The van der Waals surface area contributed by atoms with Gasteiger partial charge in [0.15, 0.2) is 0 Å². The van der Waals surface area contributed by atoms with Gasteiger partial charge in [0, 0.05) is 12.0 Å². The molecule has 76 valence electrons. The molecule has 1 aromatic heterocycles. The topological polar surface area (TPSA) is 72.0 Å². The largest absolute Gasteiger partial charge is 0.388 e. The first-order valence-corrected chi connectivity index (χ1v) is 4.96. The smallest absolute Gasteiger partial charge is 0.125 e. The predicted octanol–water partition coefficient (Wildman–Crippen LogP) is 0.266. The van der Waals surface area contributed by atoms with Crippen LogP contribution < -0.4 is 5.73 Å². The van der Waals surface area contributed by atoms with E-state index in [1.54, 1.807) is 0 Å². The second kappa shape index (κ2) is 3.63. The molecule has 0 radical (unpaired) electrons. The third kappa shape index (κ3) is 1.51. The average Bonchev–Trinajstić information content (AvgIpc) is 2.48. The second-order valence-corrected chi connectivity index (χ2v) is 3.67. The van der Waals surface area contributed by atoms with Crippen LogP contribution in [0.4, 0.5) is 0 Å². The lowest BCUT2D eigenvalue weighted by Crippen LogP contribution is -2.11. The van der Waals surface area contributed by atoms with Crippen molar-refractivity contribution in [1.29, 1.82) is 0 Å². The molecule has 0 spiro atoms. The number of aliphatic hydroxyl groups excluding tert-OH is 1. The molecular formula is C10H15N3O. The van der Waals surface area contributed by atoms with Crippen LogP contribution in [0.15, 0.2) is 0 Å². The molecule has 0 aliphatic heterocycles. The van der Waals surface area contributed by atoms with Crippen molar-refractivity contribution < 1.29 is 5.11 Å².